The third-order valence-electron chi connectivity index (χ3n) is 1.77. The fraction of sp³-hybridized carbons (Fsp3) is 1.00. The number of ether oxygens (including phenoxy) is 1. The molecule has 0 rings (SSSR count). The Morgan fingerprint density at radius 3 is 2.18 bits per heavy atom. The molecule has 2 unspecified atom stereocenters. The SMILES string of the molecule is CCC(N)C(C)OCC(C)C. The van der Waals surface area contributed by atoms with Crippen molar-refractivity contribution in [3.05, 3.63) is 0 Å². The minimum atomic E-state index is 0.189. The normalized spacial score (nSPS) is 16.9. The zero-order chi connectivity index (χ0) is 8.85. The molecule has 0 heterocycles. The summed E-state index contributed by atoms with van der Waals surface area (Å²) in [6.45, 7) is 9.22. The lowest BCUT2D eigenvalue weighted by Gasteiger charge is -2.19. The van der Waals surface area contributed by atoms with Gasteiger partial charge in [0.2, 0.25) is 0 Å². The maximum Gasteiger partial charge on any atom is 0.0697 e. The summed E-state index contributed by atoms with van der Waals surface area (Å²) in [5.41, 5.74) is 5.78. The number of rotatable bonds is 5. The van der Waals surface area contributed by atoms with E-state index in [0.717, 1.165) is 13.0 Å². The predicted octanol–water partition coefficient (Wildman–Crippen LogP) is 1.78. The maximum absolute atomic E-state index is 5.78. The molecule has 0 fully saturated rings. The molecule has 0 aromatic carbocycles. The van der Waals surface area contributed by atoms with E-state index in [9.17, 15) is 0 Å². The van der Waals surface area contributed by atoms with Gasteiger partial charge in [-0.15, -0.1) is 0 Å². The van der Waals surface area contributed by atoms with E-state index in [4.69, 9.17) is 10.5 Å². The highest BCUT2D eigenvalue weighted by molar-refractivity contribution is 4.66. The predicted molar refractivity (Wildman–Crippen MR) is 48.5 cm³/mol. The van der Waals surface area contributed by atoms with Gasteiger partial charge in [-0.25, -0.2) is 0 Å². The number of hydrogen-bond donors (Lipinski definition) is 1. The van der Waals surface area contributed by atoms with Gasteiger partial charge in [0.15, 0.2) is 0 Å². The highest BCUT2D eigenvalue weighted by Crippen LogP contribution is 2.02. The third-order valence-corrected chi connectivity index (χ3v) is 1.77. The molecule has 11 heavy (non-hydrogen) atoms. The van der Waals surface area contributed by atoms with Crippen LogP contribution >= 0.6 is 0 Å². The molecule has 2 N–H and O–H groups in total. The molecule has 0 aliphatic heterocycles. The molecular weight excluding hydrogens is 138 g/mol. The molecule has 0 aliphatic rings. The van der Waals surface area contributed by atoms with Gasteiger partial charge in [0.25, 0.3) is 0 Å². The first-order chi connectivity index (χ1) is 5.07. The Morgan fingerprint density at radius 1 is 1.27 bits per heavy atom. The fourth-order valence-corrected chi connectivity index (χ4v) is 0.800. The Kier molecular flexibility index (Phi) is 5.51. The summed E-state index contributed by atoms with van der Waals surface area (Å²) in [6, 6.07) is 0.189. The van der Waals surface area contributed by atoms with Crippen LogP contribution in [0.15, 0.2) is 0 Å². The Bertz CT molecular complexity index is 93.6. The van der Waals surface area contributed by atoms with Gasteiger partial charge >= 0.3 is 0 Å². The second kappa shape index (κ2) is 5.56. The largest absolute Gasteiger partial charge is 0.377 e. The van der Waals surface area contributed by atoms with E-state index in [0.29, 0.717) is 5.92 Å². The molecule has 2 heteroatoms. The van der Waals surface area contributed by atoms with E-state index in [-0.39, 0.29) is 12.1 Å². The first-order valence-corrected chi connectivity index (χ1v) is 4.45. The van der Waals surface area contributed by atoms with Crippen molar-refractivity contribution < 1.29 is 4.74 Å². The lowest BCUT2D eigenvalue weighted by Crippen LogP contribution is -2.34. The van der Waals surface area contributed by atoms with Gasteiger partial charge in [-0.2, -0.15) is 0 Å². The zero-order valence-corrected chi connectivity index (χ0v) is 8.13. The van der Waals surface area contributed by atoms with E-state index < -0.39 is 0 Å². The van der Waals surface area contributed by atoms with Crippen LogP contribution in [0, 0.1) is 5.92 Å². The van der Waals surface area contributed by atoms with Crippen LogP contribution in [0.5, 0.6) is 0 Å². The van der Waals surface area contributed by atoms with E-state index in [1.807, 2.05) is 6.92 Å². The summed E-state index contributed by atoms with van der Waals surface area (Å²) >= 11 is 0. The van der Waals surface area contributed by atoms with E-state index in [2.05, 4.69) is 20.8 Å². The van der Waals surface area contributed by atoms with Gasteiger partial charge in [0.05, 0.1) is 6.10 Å². The van der Waals surface area contributed by atoms with Crippen LogP contribution in [0.25, 0.3) is 0 Å². The molecule has 0 bridgehead atoms. The van der Waals surface area contributed by atoms with Gasteiger partial charge in [0.1, 0.15) is 0 Å². The van der Waals surface area contributed by atoms with Gasteiger partial charge < -0.3 is 10.5 Å². The van der Waals surface area contributed by atoms with Gasteiger partial charge in [-0.3, -0.25) is 0 Å². The van der Waals surface area contributed by atoms with Crippen molar-refractivity contribution in [1.82, 2.24) is 0 Å². The summed E-state index contributed by atoms with van der Waals surface area (Å²) in [5, 5.41) is 0. The first kappa shape index (κ1) is 10.9. The molecule has 2 nitrogen and oxygen atoms in total. The van der Waals surface area contributed by atoms with Crippen LogP contribution in [0.2, 0.25) is 0 Å². The number of nitrogens with two attached hydrogens (primary N) is 1. The Labute approximate surface area is 70.1 Å². The quantitative estimate of drug-likeness (QED) is 0.663. The van der Waals surface area contributed by atoms with Crippen molar-refractivity contribution in [2.45, 2.75) is 46.3 Å². The molecule has 0 radical (unpaired) electrons. The van der Waals surface area contributed by atoms with Crippen molar-refractivity contribution in [3.8, 4) is 0 Å². The molecule has 0 saturated carbocycles. The highest BCUT2D eigenvalue weighted by Gasteiger charge is 2.10. The van der Waals surface area contributed by atoms with Crippen LogP contribution in [-0.4, -0.2) is 18.8 Å². The molecule has 0 amide bonds. The van der Waals surface area contributed by atoms with Crippen molar-refractivity contribution >= 4 is 0 Å². The van der Waals surface area contributed by atoms with Crippen LogP contribution in [0.1, 0.15) is 34.1 Å². The van der Waals surface area contributed by atoms with Crippen molar-refractivity contribution in [2.75, 3.05) is 6.61 Å². The topological polar surface area (TPSA) is 35.2 Å². The smallest absolute Gasteiger partial charge is 0.0697 e. The average molecular weight is 159 g/mol. The zero-order valence-electron chi connectivity index (χ0n) is 8.13. The van der Waals surface area contributed by atoms with Crippen molar-refractivity contribution in [2.24, 2.45) is 11.7 Å². The summed E-state index contributed by atoms with van der Waals surface area (Å²) in [4.78, 5) is 0. The summed E-state index contributed by atoms with van der Waals surface area (Å²) in [6.07, 6.45) is 1.18. The summed E-state index contributed by atoms with van der Waals surface area (Å²) < 4.78 is 5.53. The standard InChI is InChI=1S/C9H21NO/c1-5-9(10)8(4)11-6-7(2)3/h7-9H,5-6,10H2,1-4H3. The summed E-state index contributed by atoms with van der Waals surface area (Å²) in [7, 11) is 0. The first-order valence-electron chi connectivity index (χ1n) is 4.45. The average Bonchev–Trinajstić information content (AvgIpc) is 1.98. The minimum Gasteiger partial charge on any atom is -0.377 e. The molecule has 2 atom stereocenters. The molecule has 0 saturated heterocycles. The molecule has 0 aromatic rings. The molecule has 0 aromatic heterocycles. The molecule has 0 spiro atoms. The van der Waals surface area contributed by atoms with Crippen LogP contribution < -0.4 is 5.73 Å². The lowest BCUT2D eigenvalue weighted by molar-refractivity contribution is 0.0310. The van der Waals surface area contributed by atoms with E-state index in [1.165, 1.54) is 0 Å². The second-order valence-electron chi connectivity index (χ2n) is 3.50. The maximum atomic E-state index is 5.78. The van der Waals surface area contributed by atoms with Crippen LogP contribution in [-0.2, 0) is 4.74 Å². The third kappa shape index (κ3) is 5.22. The fourth-order valence-electron chi connectivity index (χ4n) is 0.800. The summed E-state index contributed by atoms with van der Waals surface area (Å²) in [5.74, 6) is 0.599. The van der Waals surface area contributed by atoms with Crippen LogP contribution in [0.3, 0.4) is 0 Å². The second-order valence-corrected chi connectivity index (χ2v) is 3.50. The molecule has 0 aliphatic carbocycles. The van der Waals surface area contributed by atoms with Crippen molar-refractivity contribution in [1.29, 1.82) is 0 Å². The number of hydrogen-bond acceptors (Lipinski definition) is 2. The van der Waals surface area contributed by atoms with Crippen molar-refractivity contribution in [3.63, 3.8) is 0 Å². The van der Waals surface area contributed by atoms with E-state index >= 15 is 0 Å². The van der Waals surface area contributed by atoms with Gasteiger partial charge in [-0.05, 0) is 19.3 Å². The molecular formula is C9H21NO. The highest BCUT2D eigenvalue weighted by atomic mass is 16.5. The van der Waals surface area contributed by atoms with Crippen LogP contribution in [0.4, 0.5) is 0 Å². The Morgan fingerprint density at radius 2 is 1.82 bits per heavy atom. The van der Waals surface area contributed by atoms with Gasteiger partial charge in [-0.1, -0.05) is 20.8 Å². The van der Waals surface area contributed by atoms with E-state index in [1.54, 1.807) is 0 Å². The van der Waals surface area contributed by atoms with Gasteiger partial charge in [0, 0.05) is 12.6 Å². The Balaban J connectivity index is 3.43. The monoisotopic (exact) mass is 159 g/mol. The minimum absolute atomic E-state index is 0.189. The lowest BCUT2D eigenvalue weighted by atomic mass is 10.1. The Hall–Kier alpha value is -0.0800. The molecule has 68 valence electrons.